The minimum absolute atomic E-state index is 0. The average Bonchev–Trinajstić information content (AvgIpc) is 3.01. The smallest absolute Gasteiger partial charge is 0.235 e. The molecule has 1 unspecified atom stereocenters. The third-order valence-corrected chi connectivity index (χ3v) is 8.63. The van der Waals surface area contributed by atoms with E-state index in [1.54, 1.807) is 0 Å². The molecule has 44 heavy (non-hydrogen) atoms. The molecule has 0 amide bonds. The van der Waals surface area contributed by atoms with Crippen molar-refractivity contribution >= 4 is 46.5 Å². The highest BCUT2D eigenvalue weighted by molar-refractivity contribution is 7.99. The predicted octanol–water partition coefficient (Wildman–Crippen LogP) is 7.72. The van der Waals surface area contributed by atoms with Crippen molar-refractivity contribution in [3.8, 4) is 34.3 Å². The number of anilines is 2. The molecule has 6 rings (SSSR count). The number of halogens is 1. The predicted molar refractivity (Wildman–Crippen MR) is 178 cm³/mol. The Morgan fingerprint density at radius 3 is 2.02 bits per heavy atom. The molecule has 10 heteroatoms. The summed E-state index contributed by atoms with van der Waals surface area (Å²) >= 11 is 1.88. The lowest BCUT2D eigenvalue weighted by atomic mass is 10.1. The molecule has 0 aliphatic carbocycles. The second kappa shape index (κ2) is 14.0. The van der Waals surface area contributed by atoms with Crippen molar-refractivity contribution in [2.24, 2.45) is 0 Å². The molecule has 0 fully saturated rings. The summed E-state index contributed by atoms with van der Waals surface area (Å²) < 4.78 is 5.43. The summed E-state index contributed by atoms with van der Waals surface area (Å²) in [5.41, 5.74) is 2.33. The Morgan fingerprint density at radius 2 is 1.43 bits per heavy atom. The SMILES string of the molecule is CCN(CC)C(C)CN1c2ccccc2Sc2ccccc21.Cl.O=c1c(O)c(-c2ccc(O)c(O)c2)oc2cc(O)ccc12. The third-order valence-electron chi connectivity index (χ3n) is 7.50. The van der Waals surface area contributed by atoms with Crippen molar-refractivity contribution in [1.82, 2.24) is 4.90 Å². The van der Waals surface area contributed by atoms with Gasteiger partial charge in [-0.3, -0.25) is 9.69 Å². The highest BCUT2D eigenvalue weighted by Crippen LogP contribution is 2.48. The van der Waals surface area contributed by atoms with Crippen LogP contribution in [0.2, 0.25) is 0 Å². The van der Waals surface area contributed by atoms with Crippen molar-refractivity contribution in [2.75, 3.05) is 24.5 Å². The monoisotopic (exact) mass is 634 g/mol. The van der Waals surface area contributed by atoms with E-state index in [9.17, 15) is 25.2 Å². The molecule has 2 heterocycles. The molecular formula is C34H35ClN2O6S. The lowest BCUT2D eigenvalue weighted by Crippen LogP contribution is -2.41. The summed E-state index contributed by atoms with van der Waals surface area (Å²) in [6.45, 7) is 10.0. The Bertz CT molecular complexity index is 1780. The van der Waals surface area contributed by atoms with Crippen LogP contribution in [0.25, 0.3) is 22.3 Å². The van der Waals surface area contributed by atoms with Gasteiger partial charge in [-0.15, -0.1) is 12.4 Å². The van der Waals surface area contributed by atoms with Crippen LogP contribution >= 0.6 is 24.2 Å². The summed E-state index contributed by atoms with van der Waals surface area (Å²) in [7, 11) is 0. The van der Waals surface area contributed by atoms with E-state index in [1.165, 1.54) is 51.5 Å². The van der Waals surface area contributed by atoms with E-state index >= 15 is 0 Å². The first-order valence-corrected chi connectivity index (χ1v) is 14.9. The molecule has 4 aromatic carbocycles. The molecule has 4 N–H and O–H groups in total. The van der Waals surface area contributed by atoms with Gasteiger partial charge >= 0.3 is 0 Å². The zero-order valence-electron chi connectivity index (χ0n) is 24.6. The second-order valence-electron chi connectivity index (χ2n) is 10.2. The zero-order valence-corrected chi connectivity index (χ0v) is 26.2. The normalized spacial score (nSPS) is 12.5. The lowest BCUT2D eigenvalue weighted by molar-refractivity contribution is 0.236. The van der Waals surface area contributed by atoms with Gasteiger partial charge in [-0.05, 0) is 74.6 Å². The number of phenols is 3. The van der Waals surface area contributed by atoms with Gasteiger partial charge in [0.25, 0.3) is 0 Å². The number of nitrogens with zero attached hydrogens (tertiary/aromatic N) is 2. The quantitative estimate of drug-likeness (QED) is 0.139. The van der Waals surface area contributed by atoms with E-state index in [2.05, 4.69) is 79.1 Å². The fourth-order valence-corrected chi connectivity index (χ4v) is 6.33. The topological polar surface area (TPSA) is 118 Å². The van der Waals surface area contributed by atoms with Gasteiger partial charge in [-0.1, -0.05) is 49.9 Å². The number of para-hydroxylation sites is 2. The maximum absolute atomic E-state index is 12.1. The van der Waals surface area contributed by atoms with Crippen LogP contribution in [0.5, 0.6) is 23.0 Å². The van der Waals surface area contributed by atoms with Crippen LogP contribution in [0, 0.1) is 0 Å². The third kappa shape index (κ3) is 6.60. The molecule has 5 aromatic rings. The van der Waals surface area contributed by atoms with E-state index in [0.717, 1.165) is 25.7 Å². The number of rotatable bonds is 6. The van der Waals surface area contributed by atoms with E-state index < -0.39 is 16.9 Å². The Balaban J connectivity index is 0.000000197. The summed E-state index contributed by atoms with van der Waals surface area (Å²) in [5.74, 6) is -1.60. The number of hydrogen-bond donors (Lipinski definition) is 4. The first-order valence-electron chi connectivity index (χ1n) is 14.1. The van der Waals surface area contributed by atoms with Crippen LogP contribution in [-0.4, -0.2) is 51.0 Å². The Morgan fingerprint density at radius 1 is 0.818 bits per heavy atom. The maximum atomic E-state index is 12.1. The Hall–Kier alpha value is -4.31. The maximum Gasteiger partial charge on any atom is 0.235 e. The van der Waals surface area contributed by atoms with Crippen LogP contribution < -0.4 is 10.3 Å². The fourth-order valence-electron chi connectivity index (χ4n) is 5.24. The molecule has 1 aromatic heterocycles. The van der Waals surface area contributed by atoms with Crippen LogP contribution in [0.1, 0.15) is 20.8 Å². The van der Waals surface area contributed by atoms with Gasteiger partial charge in [0.2, 0.25) is 11.2 Å². The Kier molecular flexibility index (Phi) is 10.4. The molecule has 1 aliphatic heterocycles. The van der Waals surface area contributed by atoms with Crippen LogP contribution in [-0.2, 0) is 0 Å². The van der Waals surface area contributed by atoms with Crippen molar-refractivity contribution in [3.63, 3.8) is 0 Å². The van der Waals surface area contributed by atoms with Crippen LogP contribution in [0.15, 0.2) is 104 Å². The summed E-state index contributed by atoms with van der Waals surface area (Å²) in [4.78, 5) is 19.8. The summed E-state index contributed by atoms with van der Waals surface area (Å²) in [6, 6.07) is 25.7. The molecule has 8 nitrogen and oxygen atoms in total. The number of likely N-dealkylation sites (N-methyl/N-ethyl adjacent to an activating group) is 1. The van der Waals surface area contributed by atoms with E-state index in [-0.39, 0.29) is 46.2 Å². The second-order valence-corrected chi connectivity index (χ2v) is 11.3. The van der Waals surface area contributed by atoms with E-state index in [0.29, 0.717) is 6.04 Å². The first kappa shape index (κ1) is 32.6. The van der Waals surface area contributed by atoms with Crippen molar-refractivity contribution in [3.05, 3.63) is 95.2 Å². The minimum Gasteiger partial charge on any atom is -0.508 e. The molecule has 0 saturated carbocycles. The number of fused-ring (bicyclic) bond motifs is 3. The highest BCUT2D eigenvalue weighted by Gasteiger charge is 2.25. The van der Waals surface area contributed by atoms with Gasteiger partial charge in [-0.25, -0.2) is 0 Å². The van der Waals surface area contributed by atoms with Gasteiger partial charge in [0.05, 0.1) is 16.8 Å². The fraction of sp³-hybridized carbons (Fsp3) is 0.206. The molecule has 0 saturated heterocycles. The first-order chi connectivity index (χ1) is 20.7. The number of aromatic hydroxyl groups is 4. The molecule has 1 aliphatic rings. The molecule has 0 bridgehead atoms. The largest absolute Gasteiger partial charge is 0.508 e. The highest BCUT2D eigenvalue weighted by atomic mass is 35.5. The van der Waals surface area contributed by atoms with E-state index in [4.69, 9.17) is 4.42 Å². The van der Waals surface area contributed by atoms with Gasteiger partial charge < -0.3 is 29.7 Å². The van der Waals surface area contributed by atoms with Crippen LogP contribution in [0.3, 0.4) is 0 Å². The minimum atomic E-state index is -0.654. The standard InChI is InChI=1S/C19H24N2S.C15H10O6.ClH/c1-4-20(5-2)15(3)14-21-16-10-6-8-12-18(16)22-19-13-9-7-11-17(19)21;16-8-2-3-9-12(6-8)21-15(14(20)13(9)19)7-1-4-10(17)11(18)5-7;/h6-13,15H,4-5,14H2,1-3H3;1-6,16-18,20H;1H. The molecular weight excluding hydrogens is 600 g/mol. The summed E-state index contributed by atoms with van der Waals surface area (Å²) in [5, 5.41) is 38.3. The van der Waals surface area contributed by atoms with Crippen molar-refractivity contribution in [1.29, 1.82) is 0 Å². The zero-order chi connectivity index (χ0) is 30.7. The van der Waals surface area contributed by atoms with Crippen LogP contribution in [0.4, 0.5) is 11.4 Å². The number of phenolic OH excluding ortho intramolecular Hbond substituents is 3. The lowest BCUT2D eigenvalue weighted by Gasteiger charge is -2.37. The van der Waals surface area contributed by atoms with Crippen molar-refractivity contribution < 1.29 is 24.8 Å². The molecule has 1 atom stereocenters. The Labute approximate surface area is 266 Å². The van der Waals surface area contributed by atoms with Gasteiger partial charge in [0, 0.05) is 34.0 Å². The molecule has 230 valence electrons. The van der Waals surface area contributed by atoms with E-state index in [1.807, 2.05) is 11.8 Å². The average molecular weight is 635 g/mol. The van der Waals surface area contributed by atoms with Gasteiger partial charge in [-0.2, -0.15) is 0 Å². The summed E-state index contributed by atoms with van der Waals surface area (Å²) in [6.07, 6.45) is 0. The molecule has 0 spiro atoms. The van der Waals surface area contributed by atoms with Gasteiger partial charge in [0.15, 0.2) is 17.3 Å². The van der Waals surface area contributed by atoms with Gasteiger partial charge in [0.1, 0.15) is 11.3 Å². The molecule has 0 radical (unpaired) electrons. The number of hydrogen-bond acceptors (Lipinski definition) is 9. The number of benzene rings is 4. The van der Waals surface area contributed by atoms with Crippen molar-refractivity contribution in [2.45, 2.75) is 36.6 Å².